The summed E-state index contributed by atoms with van der Waals surface area (Å²) >= 11 is 1.42. The minimum Gasteiger partial charge on any atom is -0.301 e. The molecular formula is C16H18N4O3S. The van der Waals surface area contributed by atoms with Crippen LogP contribution in [-0.4, -0.2) is 32.6 Å². The van der Waals surface area contributed by atoms with Crippen LogP contribution in [-0.2, 0) is 19.5 Å². The summed E-state index contributed by atoms with van der Waals surface area (Å²) in [5.41, 5.74) is 3.12. The quantitative estimate of drug-likeness (QED) is 0.395. The van der Waals surface area contributed by atoms with Crippen LogP contribution < -0.4 is 5.56 Å². The van der Waals surface area contributed by atoms with E-state index in [2.05, 4.69) is 14.9 Å². The van der Waals surface area contributed by atoms with E-state index >= 15 is 0 Å². The van der Waals surface area contributed by atoms with Crippen LogP contribution in [0.3, 0.4) is 0 Å². The van der Waals surface area contributed by atoms with E-state index in [0.717, 1.165) is 17.8 Å². The molecule has 1 aromatic heterocycles. The van der Waals surface area contributed by atoms with Gasteiger partial charge in [0, 0.05) is 37.7 Å². The molecule has 0 saturated carbocycles. The van der Waals surface area contributed by atoms with E-state index in [-0.39, 0.29) is 16.2 Å². The molecule has 2 aromatic rings. The first-order chi connectivity index (χ1) is 11.5. The first-order valence-electron chi connectivity index (χ1n) is 7.60. The molecule has 3 rings (SSSR count). The summed E-state index contributed by atoms with van der Waals surface area (Å²) in [4.78, 5) is 32.3. The number of nitrogens with one attached hydrogen (secondary N) is 1. The Morgan fingerprint density at radius 2 is 2.25 bits per heavy atom. The highest BCUT2D eigenvalue weighted by Gasteiger charge is 2.22. The summed E-state index contributed by atoms with van der Waals surface area (Å²) in [7, 11) is 0. The van der Waals surface area contributed by atoms with Crippen LogP contribution in [0.5, 0.6) is 0 Å². The van der Waals surface area contributed by atoms with Gasteiger partial charge in [-0.3, -0.25) is 19.8 Å². The van der Waals surface area contributed by atoms with E-state index in [1.807, 2.05) is 12.3 Å². The number of thioether (sulfide) groups is 1. The van der Waals surface area contributed by atoms with Gasteiger partial charge < -0.3 is 4.98 Å². The number of H-pyrrole nitrogens is 1. The number of nitro benzene ring substituents is 1. The highest BCUT2D eigenvalue weighted by atomic mass is 32.2. The summed E-state index contributed by atoms with van der Waals surface area (Å²) in [6.07, 6.45) is 2.59. The van der Waals surface area contributed by atoms with Crippen LogP contribution in [0.25, 0.3) is 0 Å². The Kier molecular flexibility index (Phi) is 4.68. The van der Waals surface area contributed by atoms with Crippen molar-refractivity contribution in [2.24, 2.45) is 0 Å². The van der Waals surface area contributed by atoms with E-state index < -0.39 is 0 Å². The van der Waals surface area contributed by atoms with Gasteiger partial charge in [-0.05, 0) is 18.7 Å². The van der Waals surface area contributed by atoms with Gasteiger partial charge in [-0.1, -0.05) is 23.9 Å². The maximum absolute atomic E-state index is 12.2. The average molecular weight is 346 g/mol. The normalized spacial score (nSPS) is 14.4. The largest absolute Gasteiger partial charge is 0.301 e. The molecular weight excluding hydrogens is 328 g/mol. The zero-order chi connectivity index (χ0) is 17.3. The number of nitro groups is 1. The second kappa shape index (κ2) is 6.74. The van der Waals surface area contributed by atoms with Crippen LogP contribution >= 0.6 is 11.8 Å². The molecule has 0 unspecified atom stereocenters. The number of aromatic amines is 1. The van der Waals surface area contributed by atoms with Crippen molar-refractivity contribution < 1.29 is 4.92 Å². The van der Waals surface area contributed by atoms with Gasteiger partial charge >= 0.3 is 0 Å². The molecule has 2 heterocycles. The molecule has 7 nitrogen and oxygen atoms in total. The van der Waals surface area contributed by atoms with E-state index in [1.165, 1.54) is 11.8 Å². The van der Waals surface area contributed by atoms with Gasteiger partial charge in [0.25, 0.3) is 11.2 Å². The maximum Gasteiger partial charge on any atom is 0.272 e. The molecule has 0 aliphatic carbocycles. The van der Waals surface area contributed by atoms with Crippen molar-refractivity contribution >= 4 is 17.4 Å². The highest BCUT2D eigenvalue weighted by molar-refractivity contribution is 7.98. The van der Waals surface area contributed by atoms with Gasteiger partial charge in [-0.2, -0.15) is 0 Å². The summed E-state index contributed by atoms with van der Waals surface area (Å²) < 4.78 is 0. The first kappa shape index (κ1) is 16.7. The summed E-state index contributed by atoms with van der Waals surface area (Å²) in [6, 6.07) is 5.28. The fourth-order valence-corrected chi connectivity index (χ4v) is 3.29. The van der Waals surface area contributed by atoms with Crippen LogP contribution in [0.2, 0.25) is 0 Å². The third-order valence-corrected chi connectivity index (χ3v) is 4.78. The first-order valence-corrected chi connectivity index (χ1v) is 8.82. The smallest absolute Gasteiger partial charge is 0.272 e. The topological polar surface area (TPSA) is 92.1 Å². The summed E-state index contributed by atoms with van der Waals surface area (Å²) in [5.74, 6) is 0. The molecule has 0 bridgehead atoms. The molecule has 24 heavy (non-hydrogen) atoms. The number of aromatic nitrogens is 2. The number of nitrogens with zero attached hydrogens (tertiary/aromatic N) is 3. The molecule has 126 valence electrons. The molecule has 0 spiro atoms. The number of benzene rings is 1. The van der Waals surface area contributed by atoms with Crippen LogP contribution in [0.4, 0.5) is 5.69 Å². The van der Waals surface area contributed by atoms with Crippen molar-refractivity contribution in [1.29, 1.82) is 0 Å². The van der Waals surface area contributed by atoms with E-state index in [0.29, 0.717) is 35.8 Å². The molecule has 0 fully saturated rings. The van der Waals surface area contributed by atoms with Crippen molar-refractivity contribution in [3.63, 3.8) is 0 Å². The molecule has 1 N–H and O–H groups in total. The van der Waals surface area contributed by atoms with Crippen molar-refractivity contribution in [1.82, 2.24) is 14.9 Å². The van der Waals surface area contributed by atoms with Gasteiger partial charge in [-0.15, -0.1) is 0 Å². The van der Waals surface area contributed by atoms with Gasteiger partial charge in [0.2, 0.25) is 0 Å². The minimum absolute atomic E-state index is 0.0936. The van der Waals surface area contributed by atoms with Gasteiger partial charge in [0.15, 0.2) is 5.16 Å². The summed E-state index contributed by atoms with van der Waals surface area (Å²) in [6.45, 7) is 3.59. The lowest BCUT2D eigenvalue weighted by molar-refractivity contribution is -0.385. The Morgan fingerprint density at radius 1 is 1.46 bits per heavy atom. The van der Waals surface area contributed by atoms with Gasteiger partial charge in [-0.25, -0.2) is 4.98 Å². The molecule has 1 aliphatic rings. The molecule has 1 aromatic carbocycles. The second-order valence-corrected chi connectivity index (χ2v) is 6.63. The Balaban J connectivity index is 1.81. The number of aryl methyl sites for hydroxylation is 1. The van der Waals surface area contributed by atoms with Crippen molar-refractivity contribution in [2.45, 2.75) is 31.6 Å². The van der Waals surface area contributed by atoms with Crippen molar-refractivity contribution in [2.75, 3.05) is 12.8 Å². The molecule has 0 radical (unpaired) electrons. The molecule has 0 saturated heterocycles. The zero-order valence-corrected chi connectivity index (χ0v) is 14.4. The number of hydrogen-bond acceptors (Lipinski definition) is 6. The number of hydrogen-bond donors (Lipinski definition) is 1. The lowest BCUT2D eigenvalue weighted by Crippen LogP contribution is -2.35. The predicted molar refractivity (Wildman–Crippen MR) is 92.3 cm³/mol. The molecule has 0 atom stereocenters. The number of fused-ring (bicyclic) bond motifs is 1. The zero-order valence-electron chi connectivity index (χ0n) is 13.5. The van der Waals surface area contributed by atoms with Gasteiger partial charge in [0.05, 0.1) is 16.2 Å². The van der Waals surface area contributed by atoms with E-state index in [1.54, 1.807) is 19.1 Å². The standard InChI is InChI=1S/C16H18N4O3S/c1-10-3-4-11(7-14(10)20(22)23)8-19-6-5-13-12(9-19)15(21)18-16(17-13)24-2/h3-4,7H,5-6,8-9H2,1-2H3,(H,17,18,21). The summed E-state index contributed by atoms with van der Waals surface area (Å²) in [5, 5.41) is 11.7. The third kappa shape index (κ3) is 3.34. The lowest BCUT2D eigenvalue weighted by Gasteiger charge is -2.27. The highest BCUT2D eigenvalue weighted by Crippen LogP contribution is 2.22. The van der Waals surface area contributed by atoms with E-state index in [4.69, 9.17) is 0 Å². The monoisotopic (exact) mass is 346 g/mol. The van der Waals surface area contributed by atoms with Crippen LogP contribution in [0.1, 0.15) is 22.4 Å². The molecule has 1 aliphatic heterocycles. The average Bonchev–Trinajstić information content (AvgIpc) is 2.56. The van der Waals surface area contributed by atoms with Gasteiger partial charge in [0.1, 0.15) is 0 Å². The van der Waals surface area contributed by atoms with Crippen molar-refractivity contribution in [3.8, 4) is 0 Å². The predicted octanol–water partition coefficient (Wildman–Crippen LogP) is 2.27. The Bertz CT molecular complexity index is 850. The fraction of sp³-hybridized carbons (Fsp3) is 0.375. The minimum atomic E-state index is -0.358. The van der Waals surface area contributed by atoms with Crippen molar-refractivity contribution in [3.05, 3.63) is 61.1 Å². The SMILES string of the molecule is CSc1nc2c(c(=O)[nH]1)CN(Cc1ccc(C)c([N+](=O)[O-])c1)CC2. The fourth-order valence-electron chi connectivity index (χ4n) is 2.90. The van der Waals surface area contributed by atoms with Crippen LogP contribution in [0, 0.1) is 17.0 Å². The van der Waals surface area contributed by atoms with E-state index in [9.17, 15) is 14.9 Å². The number of rotatable bonds is 4. The Hall–Kier alpha value is -2.19. The Morgan fingerprint density at radius 3 is 2.96 bits per heavy atom. The third-order valence-electron chi connectivity index (χ3n) is 4.20. The molecule has 8 heteroatoms. The maximum atomic E-state index is 12.2. The Labute approximate surface area is 143 Å². The second-order valence-electron chi connectivity index (χ2n) is 5.84. The molecule has 0 amide bonds. The lowest BCUT2D eigenvalue weighted by atomic mass is 10.1. The van der Waals surface area contributed by atoms with Crippen LogP contribution in [0.15, 0.2) is 28.2 Å².